The molecule has 78 valence electrons. The maximum absolute atomic E-state index is 10.6. The monoisotopic (exact) mass is 225 g/mol. The van der Waals surface area contributed by atoms with Gasteiger partial charge in [0.1, 0.15) is 5.52 Å². The molecule has 0 fully saturated rings. The number of hydrogen-bond donors (Lipinski definition) is 1. The highest BCUT2D eigenvalue weighted by Gasteiger charge is 2.10. The number of carboxylic acid groups (broad SMARTS) is 1. The standard InChI is InChI=1S/C10H8ClNO3/c1-5-12-8-4-7(11)6(3-10(13)14)2-9(8)15-5/h2,4H,3H2,1H3,(H,13,14). The molecule has 0 aliphatic rings. The maximum atomic E-state index is 10.6. The lowest BCUT2D eigenvalue weighted by Crippen LogP contribution is -2.00. The fourth-order valence-electron chi connectivity index (χ4n) is 1.40. The van der Waals surface area contributed by atoms with Crippen molar-refractivity contribution in [2.75, 3.05) is 0 Å². The van der Waals surface area contributed by atoms with Crippen LogP contribution in [0.3, 0.4) is 0 Å². The Morgan fingerprint density at radius 2 is 2.33 bits per heavy atom. The summed E-state index contributed by atoms with van der Waals surface area (Å²) in [6.07, 6.45) is -0.117. The van der Waals surface area contributed by atoms with Crippen molar-refractivity contribution in [3.63, 3.8) is 0 Å². The largest absolute Gasteiger partial charge is 0.481 e. The molecule has 0 unspecified atom stereocenters. The van der Waals surface area contributed by atoms with E-state index in [9.17, 15) is 4.79 Å². The molecule has 0 bridgehead atoms. The van der Waals surface area contributed by atoms with E-state index in [4.69, 9.17) is 21.1 Å². The molecular formula is C10H8ClNO3. The summed E-state index contributed by atoms with van der Waals surface area (Å²) in [5.74, 6) is -0.388. The molecule has 0 aliphatic heterocycles. The van der Waals surface area contributed by atoms with Crippen molar-refractivity contribution in [3.8, 4) is 0 Å². The molecule has 1 aromatic heterocycles. The van der Waals surface area contributed by atoms with Crippen LogP contribution in [-0.4, -0.2) is 16.1 Å². The van der Waals surface area contributed by atoms with Crippen LogP contribution in [0.2, 0.25) is 5.02 Å². The lowest BCUT2D eigenvalue weighted by atomic mass is 10.1. The van der Waals surface area contributed by atoms with Gasteiger partial charge in [0.25, 0.3) is 0 Å². The van der Waals surface area contributed by atoms with Gasteiger partial charge in [0, 0.05) is 11.9 Å². The van der Waals surface area contributed by atoms with Gasteiger partial charge < -0.3 is 9.52 Å². The molecule has 15 heavy (non-hydrogen) atoms. The zero-order chi connectivity index (χ0) is 11.0. The van der Waals surface area contributed by atoms with Crippen LogP contribution in [0.1, 0.15) is 11.5 Å². The molecule has 5 heteroatoms. The molecule has 0 amide bonds. The van der Waals surface area contributed by atoms with Crippen molar-refractivity contribution < 1.29 is 14.3 Å². The Balaban J connectivity index is 2.55. The molecule has 0 atom stereocenters. The van der Waals surface area contributed by atoms with Crippen LogP contribution in [0.5, 0.6) is 0 Å². The molecule has 0 saturated carbocycles. The van der Waals surface area contributed by atoms with Crippen LogP contribution in [-0.2, 0) is 11.2 Å². The van der Waals surface area contributed by atoms with Gasteiger partial charge in [-0.3, -0.25) is 4.79 Å². The third-order valence-electron chi connectivity index (χ3n) is 2.01. The van der Waals surface area contributed by atoms with Gasteiger partial charge in [0.2, 0.25) is 0 Å². The topological polar surface area (TPSA) is 63.3 Å². The molecule has 1 aromatic carbocycles. The van der Waals surface area contributed by atoms with Crippen LogP contribution >= 0.6 is 11.6 Å². The highest BCUT2D eigenvalue weighted by atomic mass is 35.5. The van der Waals surface area contributed by atoms with Gasteiger partial charge in [-0.2, -0.15) is 0 Å². The summed E-state index contributed by atoms with van der Waals surface area (Å²) in [4.78, 5) is 14.7. The van der Waals surface area contributed by atoms with Gasteiger partial charge in [0.15, 0.2) is 11.5 Å². The van der Waals surface area contributed by atoms with E-state index in [1.54, 1.807) is 19.1 Å². The average Bonchev–Trinajstić information content (AvgIpc) is 2.44. The first-order valence-corrected chi connectivity index (χ1v) is 4.71. The minimum absolute atomic E-state index is 0.117. The first kappa shape index (κ1) is 9.98. The van der Waals surface area contributed by atoms with E-state index in [0.717, 1.165) is 0 Å². The van der Waals surface area contributed by atoms with Gasteiger partial charge in [-0.1, -0.05) is 11.6 Å². The molecule has 0 aliphatic carbocycles. The number of aliphatic carboxylic acids is 1. The van der Waals surface area contributed by atoms with Crippen molar-refractivity contribution in [2.45, 2.75) is 13.3 Å². The number of carboxylic acids is 1. The van der Waals surface area contributed by atoms with E-state index in [0.29, 0.717) is 27.6 Å². The molecule has 0 radical (unpaired) electrons. The summed E-state index contributed by atoms with van der Waals surface area (Å²) in [6, 6.07) is 3.23. The van der Waals surface area contributed by atoms with Crippen LogP contribution in [0, 0.1) is 6.92 Å². The second kappa shape index (κ2) is 3.55. The Labute approximate surface area is 90.5 Å². The highest BCUT2D eigenvalue weighted by molar-refractivity contribution is 6.32. The second-order valence-corrected chi connectivity index (χ2v) is 3.62. The average molecular weight is 226 g/mol. The molecule has 2 rings (SSSR count). The molecular weight excluding hydrogens is 218 g/mol. The molecule has 1 heterocycles. The molecule has 0 saturated heterocycles. The molecule has 0 spiro atoms. The SMILES string of the molecule is Cc1nc2cc(Cl)c(CC(=O)O)cc2o1. The molecule has 1 N–H and O–H groups in total. The fourth-order valence-corrected chi connectivity index (χ4v) is 1.63. The number of fused-ring (bicyclic) bond motifs is 1. The van der Waals surface area contributed by atoms with Crippen LogP contribution in [0.4, 0.5) is 0 Å². The number of hydrogen-bond acceptors (Lipinski definition) is 3. The summed E-state index contributed by atoms with van der Waals surface area (Å²) >= 11 is 5.91. The van der Waals surface area contributed by atoms with Crippen LogP contribution in [0.25, 0.3) is 11.1 Å². The predicted octanol–water partition coefficient (Wildman–Crippen LogP) is 2.42. The van der Waals surface area contributed by atoms with Gasteiger partial charge in [-0.15, -0.1) is 0 Å². The number of rotatable bonds is 2. The van der Waals surface area contributed by atoms with E-state index >= 15 is 0 Å². The third kappa shape index (κ3) is 1.94. The quantitative estimate of drug-likeness (QED) is 0.853. The Morgan fingerprint density at radius 1 is 1.60 bits per heavy atom. The summed E-state index contributed by atoms with van der Waals surface area (Å²) < 4.78 is 5.28. The maximum Gasteiger partial charge on any atom is 0.307 e. The number of benzene rings is 1. The molecule has 4 nitrogen and oxygen atoms in total. The smallest absolute Gasteiger partial charge is 0.307 e. The fraction of sp³-hybridized carbons (Fsp3) is 0.200. The van der Waals surface area contributed by atoms with Crippen LogP contribution < -0.4 is 0 Å². The van der Waals surface area contributed by atoms with Gasteiger partial charge >= 0.3 is 5.97 Å². The zero-order valence-corrected chi connectivity index (χ0v) is 8.71. The number of oxazole rings is 1. The second-order valence-electron chi connectivity index (χ2n) is 3.21. The van der Waals surface area contributed by atoms with E-state index < -0.39 is 5.97 Å². The van der Waals surface area contributed by atoms with E-state index in [1.165, 1.54) is 0 Å². The number of halogens is 1. The first-order valence-electron chi connectivity index (χ1n) is 4.33. The van der Waals surface area contributed by atoms with Crippen LogP contribution in [0.15, 0.2) is 16.5 Å². The highest BCUT2D eigenvalue weighted by Crippen LogP contribution is 2.24. The minimum Gasteiger partial charge on any atom is -0.481 e. The Kier molecular flexibility index (Phi) is 2.36. The Bertz CT molecular complexity index is 533. The summed E-state index contributed by atoms with van der Waals surface area (Å²) in [6.45, 7) is 1.73. The van der Waals surface area contributed by atoms with Crippen molar-refractivity contribution >= 4 is 28.7 Å². The number of aryl methyl sites for hydroxylation is 1. The Hall–Kier alpha value is -1.55. The zero-order valence-electron chi connectivity index (χ0n) is 7.95. The van der Waals surface area contributed by atoms with Gasteiger partial charge in [-0.05, 0) is 17.7 Å². The predicted molar refractivity (Wildman–Crippen MR) is 55.1 cm³/mol. The van der Waals surface area contributed by atoms with Crippen molar-refractivity contribution in [1.29, 1.82) is 0 Å². The normalized spacial score (nSPS) is 10.8. The van der Waals surface area contributed by atoms with Crippen molar-refractivity contribution in [1.82, 2.24) is 4.98 Å². The van der Waals surface area contributed by atoms with E-state index in [2.05, 4.69) is 4.98 Å². The first-order chi connectivity index (χ1) is 7.06. The molecule has 2 aromatic rings. The lowest BCUT2D eigenvalue weighted by molar-refractivity contribution is -0.136. The number of carbonyl (C=O) groups is 1. The third-order valence-corrected chi connectivity index (χ3v) is 2.36. The van der Waals surface area contributed by atoms with Gasteiger partial charge in [-0.25, -0.2) is 4.98 Å². The van der Waals surface area contributed by atoms with Gasteiger partial charge in [0.05, 0.1) is 6.42 Å². The lowest BCUT2D eigenvalue weighted by Gasteiger charge is -1.99. The number of aromatic nitrogens is 1. The van der Waals surface area contributed by atoms with E-state index in [1.807, 2.05) is 0 Å². The number of nitrogens with zero attached hydrogens (tertiary/aromatic N) is 1. The Morgan fingerprint density at radius 3 is 3.00 bits per heavy atom. The minimum atomic E-state index is -0.924. The van der Waals surface area contributed by atoms with Crippen molar-refractivity contribution in [3.05, 3.63) is 28.6 Å². The van der Waals surface area contributed by atoms with Crippen molar-refractivity contribution in [2.24, 2.45) is 0 Å². The summed E-state index contributed by atoms with van der Waals surface area (Å²) in [5.41, 5.74) is 1.74. The summed E-state index contributed by atoms with van der Waals surface area (Å²) in [5, 5.41) is 9.06. The summed E-state index contributed by atoms with van der Waals surface area (Å²) in [7, 11) is 0. The van der Waals surface area contributed by atoms with E-state index in [-0.39, 0.29) is 6.42 Å².